The molecule has 0 aliphatic rings. The second-order valence-electron chi connectivity index (χ2n) is 5.29. The molecule has 1 aromatic rings. The van der Waals surface area contributed by atoms with E-state index in [1.807, 2.05) is 20.8 Å². The van der Waals surface area contributed by atoms with Gasteiger partial charge in [-0.2, -0.15) is 0 Å². The van der Waals surface area contributed by atoms with Gasteiger partial charge in [-0.25, -0.2) is 13.1 Å². The highest BCUT2D eigenvalue weighted by molar-refractivity contribution is 7.89. The Bertz CT molecular complexity index is 589. The van der Waals surface area contributed by atoms with E-state index in [0.29, 0.717) is 23.6 Å². The van der Waals surface area contributed by atoms with Crippen LogP contribution in [0.1, 0.15) is 32.8 Å². The smallest absolute Gasteiger partial charge is 0.242 e. The number of nitrogens with one attached hydrogen (secondary N) is 2. The highest BCUT2D eigenvalue weighted by Gasteiger charge is 2.25. The highest BCUT2D eigenvalue weighted by atomic mass is 35.5. The summed E-state index contributed by atoms with van der Waals surface area (Å²) in [5.41, 5.74) is 0.657. The number of hydrogen-bond acceptors (Lipinski definition) is 3. The molecular weight excluding hydrogens is 331 g/mol. The molecule has 0 aliphatic carbocycles. The van der Waals surface area contributed by atoms with Crippen molar-refractivity contribution in [2.45, 2.75) is 44.7 Å². The van der Waals surface area contributed by atoms with Crippen LogP contribution in [0, 0.1) is 5.92 Å². The first-order valence-electron chi connectivity index (χ1n) is 6.87. The van der Waals surface area contributed by atoms with Gasteiger partial charge in [0.15, 0.2) is 0 Å². The first-order chi connectivity index (χ1) is 9.72. The molecule has 4 nitrogen and oxygen atoms in total. The summed E-state index contributed by atoms with van der Waals surface area (Å²) < 4.78 is 27.8. The molecule has 1 rings (SSSR count). The van der Waals surface area contributed by atoms with Crippen LogP contribution in [0.15, 0.2) is 17.0 Å². The molecular formula is C14H22Cl2N2O2S. The minimum Gasteiger partial charge on any atom is -0.316 e. The Labute approximate surface area is 137 Å². The number of halogens is 2. The number of benzene rings is 1. The Hall–Kier alpha value is -0.330. The van der Waals surface area contributed by atoms with E-state index in [2.05, 4.69) is 10.0 Å². The maximum atomic E-state index is 12.6. The van der Waals surface area contributed by atoms with Gasteiger partial charge in [0.05, 0.1) is 5.02 Å². The normalized spacial score (nSPS) is 13.7. The van der Waals surface area contributed by atoms with Crippen LogP contribution in [0.5, 0.6) is 0 Å². The average molecular weight is 353 g/mol. The van der Waals surface area contributed by atoms with Gasteiger partial charge < -0.3 is 5.32 Å². The van der Waals surface area contributed by atoms with Gasteiger partial charge in [-0.15, -0.1) is 0 Å². The highest BCUT2D eigenvalue weighted by Crippen LogP contribution is 2.30. The SMILES string of the molecule is CCC(NS(=O)(=O)c1cc(Cl)cc(CNC)c1Cl)C(C)C. The molecule has 120 valence electrons. The van der Waals surface area contributed by atoms with Gasteiger partial charge in [0.25, 0.3) is 0 Å². The Morgan fingerprint density at radius 1 is 1.24 bits per heavy atom. The molecule has 1 aromatic carbocycles. The predicted molar refractivity (Wildman–Crippen MR) is 88.5 cm³/mol. The second-order valence-corrected chi connectivity index (χ2v) is 7.78. The molecule has 0 amide bonds. The summed E-state index contributed by atoms with van der Waals surface area (Å²) in [6.45, 7) is 6.34. The Kier molecular flexibility index (Phi) is 6.94. The number of sulfonamides is 1. The van der Waals surface area contributed by atoms with E-state index in [1.165, 1.54) is 6.07 Å². The predicted octanol–water partition coefficient (Wildman–Crippen LogP) is 3.43. The summed E-state index contributed by atoms with van der Waals surface area (Å²) in [5, 5.41) is 3.50. The molecule has 2 N–H and O–H groups in total. The van der Waals surface area contributed by atoms with Crippen LogP contribution >= 0.6 is 23.2 Å². The zero-order valence-corrected chi connectivity index (χ0v) is 15.0. The molecule has 1 unspecified atom stereocenters. The molecule has 0 heterocycles. The molecule has 0 saturated carbocycles. The molecule has 0 saturated heterocycles. The van der Waals surface area contributed by atoms with E-state index in [4.69, 9.17) is 23.2 Å². The van der Waals surface area contributed by atoms with E-state index < -0.39 is 10.0 Å². The van der Waals surface area contributed by atoms with Gasteiger partial charge in [-0.1, -0.05) is 44.0 Å². The van der Waals surface area contributed by atoms with Gasteiger partial charge in [0.2, 0.25) is 10.0 Å². The first kappa shape index (κ1) is 18.7. The molecule has 0 fully saturated rings. The number of hydrogen-bond donors (Lipinski definition) is 2. The summed E-state index contributed by atoms with van der Waals surface area (Å²) in [7, 11) is -1.95. The minimum absolute atomic E-state index is 0.0287. The molecule has 0 aliphatic heterocycles. The van der Waals surface area contributed by atoms with E-state index in [0.717, 1.165) is 0 Å². The molecule has 0 spiro atoms. The quantitative estimate of drug-likeness (QED) is 0.790. The molecule has 0 bridgehead atoms. The van der Waals surface area contributed by atoms with Crippen molar-refractivity contribution in [1.82, 2.24) is 10.0 Å². The van der Waals surface area contributed by atoms with Gasteiger partial charge in [-0.05, 0) is 37.1 Å². The Balaban J connectivity index is 3.25. The molecule has 7 heteroatoms. The third-order valence-electron chi connectivity index (χ3n) is 3.29. The fourth-order valence-electron chi connectivity index (χ4n) is 2.09. The van der Waals surface area contributed by atoms with Crippen molar-refractivity contribution in [1.29, 1.82) is 0 Å². The summed E-state index contributed by atoms with van der Waals surface area (Å²) in [6.07, 6.45) is 0.707. The number of rotatable bonds is 7. The monoisotopic (exact) mass is 352 g/mol. The van der Waals surface area contributed by atoms with Gasteiger partial charge >= 0.3 is 0 Å². The zero-order chi connectivity index (χ0) is 16.2. The fourth-order valence-corrected chi connectivity index (χ4v) is 4.49. The van der Waals surface area contributed by atoms with Crippen molar-refractivity contribution in [3.05, 3.63) is 27.7 Å². The van der Waals surface area contributed by atoms with Crippen LogP contribution in [0.3, 0.4) is 0 Å². The van der Waals surface area contributed by atoms with Crippen LogP contribution in [-0.2, 0) is 16.6 Å². The summed E-state index contributed by atoms with van der Waals surface area (Å²) in [6, 6.07) is 2.91. The van der Waals surface area contributed by atoms with Crippen molar-refractivity contribution >= 4 is 33.2 Å². The average Bonchev–Trinajstić information content (AvgIpc) is 2.39. The molecule has 1 atom stereocenters. The fraction of sp³-hybridized carbons (Fsp3) is 0.571. The lowest BCUT2D eigenvalue weighted by Crippen LogP contribution is -2.38. The lowest BCUT2D eigenvalue weighted by Gasteiger charge is -2.21. The molecule has 0 radical (unpaired) electrons. The van der Waals surface area contributed by atoms with Crippen LogP contribution in [0.25, 0.3) is 0 Å². The van der Waals surface area contributed by atoms with Crippen molar-refractivity contribution in [3.63, 3.8) is 0 Å². The Morgan fingerprint density at radius 2 is 1.86 bits per heavy atom. The maximum absolute atomic E-state index is 12.6. The second kappa shape index (κ2) is 7.79. The van der Waals surface area contributed by atoms with Gasteiger partial charge in [0, 0.05) is 17.6 Å². The zero-order valence-electron chi connectivity index (χ0n) is 12.7. The van der Waals surface area contributed by atoms with Crippen molar-refractivity contribution < 1.29 is 8.42 Å². The topological polar surface area (TPSA) is 58.2 Å². The van der Waals surface area contributed by atoms with E-state index in [-0.39, 0.29) is 21.9 Å². The summed E-state index contributed by atoms with van der Waals surface area (Å²) in [5.74, 6) is 0.194. The summed E-state index contributed by atoms with van der Waals surface area (Å²) >= 11 is 12.3. The maximum Gasteiger partial charge on any atom is 0.242 e. The molecule has 21 heavy (non-hydrogen) atoms. The molecule has 0 aromatic heterocycles. The van der Waals surface area contributed by atoms with E-state index in [1.54, 1.807) is 13.1 Å². The van der Waals surface area contributed by atoms with Crippen molar-refractivity contribution in [3.8, 4) is 0 Å². The van der Waals surface area contributed by atoms with Crippen LogP contribution in [0.4, 0.5) is 0 Å². The van der Waals surface area contributed by atoms with Crippen molar-refractivity contribution in [2.24, 2.45) is 5.92 Å². The largest absolute Gasteiger partial charge is 0.316 e. The van der Waals surface area contributed by atoms with Crippen molar-refractivity contribution in [2.75, 3.05) is 7.05 Å². The first-order valence-corrected chi connectivity index (χ1v) is 9.11. The Morgan fingerprint density at radius 3 is 2.33 bits per heavy atom. The van der Waals surface area contributed by atoms with Crippen LogP contribution < -0.4 is 10.0 Å². The third kappa shape index (κ3) is 4.83. The minimum atomic E-state index is -3.70. The lowest BCUT2D eigenvalue weighted by atomic mass is 10.0. The van der Waals surface area contributed by atoms with Gasteiger partial charge in [0.1, 0.15) is 4.90 Å². The third-order valence-corrected chi connectivity index (χ3v) is 5.58. The summed E-state index contributed by atoms with van der Waals surface area (Å²) in [4.78, 5) is 0.0287. The standard InChI is InChI=1S/C14H22Cl2N2O2S/c1-5-12(9(2)3)18-21(19,20)13-7-11(15)6-10(8-17-4)14(13)16/h6-7,9,12,17-18H,5,8H2,1-4H3. The lowest BCUT2D eigenvalue weighted by molar-refractivity contribution is 0.437. The van der Waals surface area contributed by atoms with E-state index >= 15 is 0 Å². The van der Waals surface area contributed by atoms with Gasteiger partial charge in [-0.3, -0.25) is 0 Å². The van der Waals surface area contributed by atoms with Crippen LogP contribution in [0.2, 0.25) is 10.0 Å². The van der Waals surface area contributed by atoms with E-state index in [9.17, 15) is 8.42 Å². The van der Waals surface area contributed by atoms with Crippen LogP contribution in [-0.4, -0.2) is 21.5 Å².